The molecule has 1 amide bonds. The van der Waals surface area contributed by atoms with Gasteiger partial charge in [-0.05, 0) is 43.3 Å². The van der Waals surface area contributed by atoms with Crippen LogP contribution in [-0.2, 0) is 16.1 Å². The van der Waals surface area contributed by atoms with Crippen LogP contribution in [0.1, 0.15) is 17.3 Å². The Bertz CT molecular complexity index is 953. The maximum atomic E-state index is 12.3. The van der Waals surface area contributed by atoms with E-state index in [1.165, 1.54) is 18.7 Å². The summed E-state index contributed by atoms with van der Waals surface area (Å²) in [6.07, 6.45) is 1.72. The molecular formula is C19H20N4O3S. The van der Waals surface area contributed by atoms with Gasteiger partial charge in [-0.25, -0.2) is 9.97 Å². The fourth-order valence-corrected chi connectivity index (χ4v) is 3.38. The lowest BCUT2D eigenvalue weighted by molar-refractivity contribution is -0.113. The minimum atomic E-state index is -0.145. The number of ether oxygens (including phenoxy) is 1. The predicted molar refractivity (Wildman–Crippen MR) is 105 cm³/mol. The van der Waals surface area contributed by atoms with E-state index >= 15 is 0 Å². The molecule has 7 nitrogen and oxygen atoms in total. The zero-order chi connectivity index (χ0) is 19.2. The number of carbonyl (C=O) groups excluding carboxylic acids is 2. The molecule has 1 N–H and O–H groups in total. The van der Waals surface area contributed by atoms with Crippen molar-refractivity contribution in [3.8, 4) is 0 Å². The third kappa shape index (κ3) is 4.72. The van der Waals surface area contributed by atoms with Crippen LogP contribution in [0, 0.1) is 0 Å². The molecule has 0 spiro atoms. The number of aromatic nitrogens is 3. The zero-order valence-electron chi connectivity index (χ0n) is 15.1. The summed E-state index contributed by atoms with van der Waals surface area (Å²) in [5, 5.41) is 3.55. The summed E-state index contributed by atoms with van der Waals surface area (Å²) in [5.74, 6) is 0.0611. The third-order valence-corrected chi connectivity index (χ3v) is 4.87. The number of nitrogens with zero attached hydrogens (tertiary/aromatic N) is 3. The molecule has 3 rings (SSSR count). The van der Waals surface area contributed by atoms with Gasteiger partial charge in [-0.1, -0.05) is 11.8 Å². The first-order valence-corrected chi connectivity index (χ1v) is 9.41. The lowest BCUT2D eigenvalue weighted by Gasteiger charge is -2.08. The van der Waals surface area contributed by atoms with Crippen molar-refractivity contribution >= 4 is 40.3 Å². The van der Waals surface area contributed by atoms with E-state index in [0.717, 1.165) is 16.3 Å². The van der Waals surface area contributed by atoms with Crippen molar-refractivity contribution in [2.24, 2.45) is 0 Å². The molecule has 0 unspecified atom stereocenters. The Morgan fingerprint density at radius 2 is 2.00 bits per heavy atom. The summed E-state index contributed by atoms with van der Waals surface area (Å²) in [5.41, 5.74) is 2.83. The molecule has 8 heteroatoms. The van der Waals surface area contributed by atoms with E-state index in [1.54, 1.807) is 37.6 Å². The number of methoxy groups -OCH3 is 1. The van der Waals surface area contributed by atoms with Crippen molar-refractivity contribution in [1.82, 2.24) is 14.5 Å². The van der Waals surface area contributed by atoms with Gasteiger partial charge in [0, 0.05) is 24.6 Å². The van der Waals surface area contributed by atoms with Crippen molar-refractivity contribution in [1.29, 1.82) is 0 Å². The van der Waals surface area contributed by atoms with Crippen LogP contribution in [-0.4, -0.2) is 45.7 Å². The number of hydrogen-bond acceptors (Lipinski definition) is 6. The molecule has 0 saturated heterocycles. The van der Waals surface area contributed by atoms with Crippen LogP contribution in [0.3, 0.4) is 0 Å². The highest BCUT2D eigenvalue weighted by atomic mass is 32.2. The number of ketones is 1. The number of carbonyl (C=O) groups is 2. The van der Waals surface area contributed by atoms with Gasteiger partial charge in [-0.2, -0.15) is 0 Å². The maximum absolute atomic E-state index is 12.3. The minimum absolute atomic E-state index is 0.00740. The van der Waals surface area contributed by atoms with Gasteiger partial charge in [0.15, 0.2) is 16.6 Å². The molecule has 0 saturated carbocycles. The third-order valence-electron chi connectivity index (χ3n) is 3.90. The molecule has 0 radical (unpaired) electrons. The van der Waals surface area contributed by atoms with E-state index in [9.17, 15) is 9.59 Å². The lowest BCUT2D eigenvalue weighted by Crippen LogP contribution is -2.15. The highest BCUT2D eigenvalue weighted by Gasteiger charge is 2.14. The highest BCUT2D eigenvalue weighted by Crippen LogP contribution is 2.23. The van der Waals surface area contributed by atoms with Crippen LogP contribution in [0.15, 0.2) is 47.8 Å². The fourth-order valence-electron chi connectivity index (χ4n) is 2.55. The Morgan fingerprint density at radius 1 is 1.22 bits per heavy atom. The standard InChI is InChI=1S/C19H20N4O3S/c1-13(24)14-5-7-15(8-6-14)21-17(25)12-27-19-22-16-4-3-9-20-18(16)23(19)10-11-26-2/h3-9H,10-12H2,1-2H3,(H,21,25). The second kappa shape index (κ2) is 8.79. The van der Waals surface area contributed by atoms with Gasteiger partial charge in [0.2, 0.25) is 5.91 Å². The summed E-state index contributed by atoms with van der Waals surface area (Å²) < 4.78 is 7.12. The molecule has 0 bridgehead atoms. The molecule has 140 valence electrons. The topological polar surface area (TPSA) is 86.1 Å². The average molecular weight is 384 g/mol. The van der Waals surface area contributed by atoms with E-state index < -0.39 is 0 Å². The molecule has 1 aromatic carbocycles. The van der Waals surface area contributed by atoms with Crippen LogP contribution in [0.25, 0.3) is 11.2 Å². The molecule has 27 heavy (non-hydrogen) atoms. The summed E-state index contributed by atoms with van der Waals surface area (Å²) in [7, 11) is 1.64. The number of thioether (sulfide) groups is 1. The van der Waals surface area contributed by atoms with Crippen molar-refractivity contribution < 1.29 is 14.3 Å². The van der Waals surface area contributed by atoms with Gasteiger partial charge in [-0.3, -0.25) is 9.59 Å². The van der Waals surface area contributed by atoms with Crippen LogP contribution in [0.4, 0.5) is 5.69 Å². The van der Waals surface area contributed by atoms with E-state index in [2.05, 4.69) is 15.3 Å². The maximum Gasteiger partial charge on any atom is 0.234 e. The molecule has 0 aliphatic heterocycles. The molecule has 0 aliphatic rings. The Morgan fingerprint density at radius 3 is 2.70 bits per heavy atom. The van der Waals surface area contributed by atoms with E-state index in [-0.39, 0.29) is 17.4 Å². The highest BCUT2D eigenvalue weighted by molar-refractivity contribution is 7.99. The number of fused-ring (bicyclic) bond motifs is 1. The van der Waals surface area contributed by atoms with Crippen LogP contribution >= 0.6 is 11.8 Å². The number of imidazole rings is 1. The average Bonchev–Trinajstić information content (AvgIpc) is 3.02. The van der Waals surface area contributed by atoms with Gasteiger partial charge < -0.3 is 14.6 Å². The quantitative estimate of drug-likeness (QED) is 0.475. The first-order valence-electron chi connectivity index (χ1n) is 8.42. The lowest BCUT2D eigenvalue weighted by atomic mass is 10.1. The number of amides is 1. The molecule has 0 atom stereocenters. The number of Topliss-reactive ketones (excluding diaryl/α,β-unsaturated/α-hetero) is 1. The Hall–Kier alpha value is -2.71. The number of pyridine rings is 1. The summed E-state index contributed by atoms with van der Waals surface area (Å²) in [4.78, 5) is 32.5. The van der Waals surface area contributed by atoms with Crippen LogP contribution < -0.4 is 5.32 Å². The number of nitrogens with one attached hydrogen (secondary N) is 1. The van der Waals surface area contributed by atoms with Crippen LogP contribution in [0.2, 0.25) is 0 Å². The van der Waals surface area contributed by atoms with Crippen molar-refractivity contribution in [3.05, 3.63) is 48.2 Å². The first-order chi connectivity index (χ1) is 13.1. The SMILES string of the molecule is COCCn1c(SCC(=O)Nc2ccc(C(C)=O)cc2)nc2cccnc21. The summed E-state index contributed by atoms with van der Waals surface area (Å²) >= 11 is 1.35. The smallest absolute Gasteiger partial charge is 0.234 e. The zero-order valence-corrected chi connectivity index (χ0v) is 16.0. The molecule has 0 fully saturated rings. The Balaban J connectivity index is 1.66. The summed E-state index contributed by atoms with van der Waals surface area (Å²) in [6, 6.07) is 10.6. The number of anilines is 1. The second-order valence-electron chi connectivity index (χ2n) is 5.86. The Kier molecular flexibility index (Phi) is 6.20. The fraction of sp³-hybridized carbons (Fsp3) is 0.263. The first kappa shape index (κ1) is 19.1. The summed E-state index contributed by atoms with van der Waals surface area (Å²) in [6.45, 7) is 2.65. The molecule has 2 aromatic heterocycles. The number of benzene rings is 1. The van der Waals surface area contributed by atoms with Gasteiger partial charge in [0.05, 0.1) is 18.9 Å². The molecule has 0 aliphatic carbocycles. The van der Waals surface area contributed by atoms with Gasteiger partial charge in [0.25, 0.3) is 0 Å². The van der Waals surface area contributed by atoms with Crippen molar-refractivity contribution in [3.63, 3.8) is 0 Å². The minimum Gasteiger partial charge on any atom is -0.383 e. The van der Waals surface area contributed by atoms with Crippen LogP contribution in [0.5, 0.6) is 0 Å². The van der Waals surface area contributed by atoms with E-state index in [0.29, 0.717) is 24.4 Å². The monoisotopic (exact) mass is 384 g/mol. The van der Waals surface area contributed by atoms with Gasteiger partial charge in [-0.15, -0.1) is 0 Å². The van der Waals surface area contributed by atoms with Crippen molar-refractivity contribution in [2.75, 3.05) is 24.8 Å². The molecule has 2 heterocycles. The Labute approximate surface area is 161 Å². The number of rotatable bonds is 8. The molecule has 3 aromatic rings. The normalized spacial score (nSPS) is 10.9. The number of hydrogen-bond donors (Lipinski definition) is 1. The van der Waals surface area contributed by atoms with Gasteiger partial charge in [0.1, 0.15) is 5.52 Å². The van der Waals surface area contributed by atoms with Gasteiger partial charge >= 0.3 is 0 Å². The molecular weight excluding hydrogens is 364 g/mol. The van der Waals surface area contributed by atoms with Crippen molar-refractivity contribution in [2.45, 2.75) is 18.6 Å². The predicted octanol–water partition coefficient (Wildman–Crippen LogP) is 3.01. The second-order valence-corrected chi connectivity index (χ2v) is 6.80. The largest absolute Gasteiger partial charge is 0.383 e. The van der Waals surface area contributed by atoms with E-state index in [4.69, 9.17) is 4.74 Å². The van der Waals surface area contributed by atoms with E-state index in [1.807, 2.05) is 16.7 Å².